The molecule has 0 unspecified atom stereocenters. The van der Waals surface area contributed by atoms with Gasteiger partial charge in [0.15, 0.2) is 0 Å². The number of nitrogens with zero attached hydrogens (tertiary/aromatic N) is 2. The molecule has 6 nitrogen and oxygen atoms in total. The van der Waals surface area contributed by atoms with Crippen LogP contribution in [0.3, 0.4) is 0 Å². The summed E-state index contributed by atoms with van der Waals surface area (Å²) in [4.78, 5) is 27.6. The molecule has 0 aromatic heterocycles. The third-order valence-corrected chi connectivity index (χ3v) is 3.75. The first-order valence-electron chi connectivity index (χ1n) is 7.70. The van der Waals surface area contributed by atoms with E-state index in [1.54, 1.807) is 7.05 Å². The van der Waals surface area contributed by atoms with Gasteiger partial charge in [0.2, 0.25) is 11.8 Å². The van der Waals surface area contributed by atoms with Crippen LogP contribution in [-0.4, -0.2) is 63.0 Å². The normalized spacial score (nSPS) is 14.1. The van der Waals surface area contributed by atoms with Crippen molar-refractivity contribution in [3.05, 3.63) is 30.3 Å². The van der Waals surface area contributed by atoms with E-state index in [1.807, 2.05) is 23.1 Å². The van der Waals surface area contributed by atoms with E-state index < -0.39 is 0 Å². The molecule has 2 amide bonds. The smallest absolute Gasteiger partial charge is 0.233 e. The number of likely N-dealkylation sites (N-methyl/N-ethyl adjacent to an activating group) is 1. The maximum absolute atomic E-state index is 12.1. The summed E-state index contributed by atoms with van der Waals surface area (Å²) in [6.07, 6.45) is 0.362. The molecular formula is C16H25ClN4O2. The van der Waals surface area contributed by atoms with Crippen LogP contribution < -0.4 is 15.5 Å². The van der Waals surface area contributed by atoms with E-state index in [-0.39, 0.29) is 30.8 Å². The number of carbonyl (C=O) groups excluding carboxylic acids is 2. The molecule has 1 aliphatic rings. The molecule has 7 heteroatoms. The Labute approximate surface area is 143 Å². The highest BCUT2D eigenvalue weighted by molar-refractivity contribution is 5.85. The molecule has 2 rings (SSSR count). The number of carbonyl (C=O) groups is 2. The zero-order valence-electron chi connectivity index (χ0n) is 13.5. The van der Waals surface area contributed by atoms with Crippen LogP contribution in [0.15, 0.2) is 30.3 Å². The Morgan fingerprint density at radius 2 is 1.74 bits per heavy atom. The predicted octanol–water partition coefficient (Wildman–Crippen LogP) is 0.483. The first-order chi connectivity index (χ1) is 10.7. The fraction of sp³-hybridized carbons (Fsp3) is 0.500. The summed E-state index contributed by atoms with van der Waals surface area (Å²) in [5.74, 6) is 0.0293. The predicted molar refractivity (Wildman–Crippen MR) is 94.0 cm³/mol. The molecule has 0 aliphatic carbocycles. The first kappa shape index (κ1) is 19.3. The van der Waals surface area contributed by atoms with Gasteiger partial charge in [0.05, 0.1) is 6.54 Å². The zero-order valence-corrected chi connectivity index (χ0v) is 14.3. The van der Waals surface area contributed by atoms with Crippen molar-refractivity contribution in [1.82, 2.24) is 15.5 Å². The molecule has 2 N–H and O–H groups in total. The summed E-state index contributed by atoms with van der Waals surface area (Å²) < 4.78 is 0. The number of halogens is 1. The van der Waals surface area contributed by atoms with Gasteiger partial charge in [-0.2, -0.15) is 0 Å². The Bertz CT molecular complexity index is 490. The second-order valence-corrected chi connectivity index (χ2v) is 5.33. The van der Waals surface area contributed by atoms with Crippen LogP contribution in [0.25, 0.3) is 0 Å². The van der Waals surface area contributed by atoms with E-state index in [0.717, 1.165) is 26.2 Å². The van der Waals surface area contributed by atoms with E-state index in [2.05, 4.69) is 27.7 Å². The SMILES string of the molecule is CNCC(=O)NCCC(=O)N1CCN(c2ccccc2)CC1.Cl. The van der Waals surface area contributed by atoms with Gasteiger partial charge in [0, 0.05) is 44.8 Å². The van der Waals surface area contributed by atoms with Gasteiger partial charge in [-0.25, -0.2) is 0 Å². The van der Waals surface area contributed by atoms with Crippen molar-refractivity contribution in [2.24, 2.45) is 0 Å². The number of benzene rings is 1. The Morgan fingerprint density at radius 1 is 1.09 bits per heavy atom. The lowest BCUT2D eigenvalue weighted by molar-refractivity contribution is -0.131. The van der Waals surface area contributed by atoms with Crippen LogP contribution in [0.4, 0.5) is 5.69 Å². The molecule has 1 fully saturated rings. The molecule has 0 bridgehead atoms. The number of amides is 2. The summed E-state index contributed by atoms with van der Waals surface area (Å²) >= 11 is 0. The lowest BCUT2D eigenvalue weighted by Crippen LogP contribution is -2.49. The molecule has 1 aliphatic heterocycles. The second-order valence-electron chi connectivity index (χ2n) is 5.33. The van der Waals surface area contributed by atoms with Gasteiger partial charge in [-0.3, -0.25) is 9.59 Å². The molecule has 1 aromatic rings. The molecule has 0 atom stereocenters. The highest BCUT2D eigenvalue weighted by Gasteiger charge is 2.20. The number of hydrogen-bond donors (Lipinski definition) is 2. The maximum atomic E-state index is 12.1. The van der Waals surface area contributed by atoms with Crippen molar-refractivity contribution in [2.75, 3.05) is 51.2 Å². The van der Waals surface area contributed by atoms with Crippen LogP contribution in [0.1, 0.15) is 6.42 Å². The third-order valence-electron chi connectivity index (χ3n) is 3.75. The average molecular weight is 341 g/mol. The van der Waals surface area contributed by atoms with E-state index in [4.69, 9.17) is 0 Å². The lowest BCUT2D eigenvalue weighted by Gasteiger charge is -2.36. The average Bonchev–Trinajstić information content (AvgIpc) is 2.56. The number of para-hydroxylation sites is 1. The molecule has 1 saturated heterocycles. The van der Waals surface area contributed by atoms with Gasteiger partial charge in [-0.15, -0.1) is 12.4 Å². The molecule has 0 radical (unpaired) electrons. The lowest BCUT2D eigenvalue weighted by atomic mass is 10.2. The van der Waals surface area contributed by atoms with Gasteiger partial charge in [-0.05, 0) is 19.2 Å². The largest absolute Gasteiger partial charge is 0.368 e. The van der Waals surface area contributed by atoms with Gasteiger partial charge >= 0.3 is 0 Å². The summed E-state index contributed by atoms with van der Waals surface area (Å²) in [6.45, 7) is 3.85. The number of hydrogen-bond acceptors (Lipinski definition) is 4. The second kappa shape index (κ2) is 10.1. The first-order valence-corrected chi connectivity index (χ1v) is 7.70. The topological polar surface area (TPSA) is 64.7 Å². The van der Waals surface area contributed by atoms with Crippen LogP contribution in [0, 0.1) is 0 Å². The highest BCUT2D eigenvalue weighted by atomic mass is 35.5. The van der Waals surface area contributed by atoms with Crippen molar-refractivity contribution in [2.45, 2.75) is 6.42 Å². The van der Waals surface area contributed by atoms with Crippen molar-refractivity contribution in [1.29, 1.82) is 0 Å². The van der Waals surface area contributed by atoms with E-state index in [1.165, 1.54) is 5.69 Å². The Balaban J connectivity index is 0.00000264. The highest BCUT2D eigenvalue weighted by Crippen LogP contribution is 2.15. The summed E-state index contributed by atoms with van der Waals surface area (Å²) in [5, 5.41) is 5.51. The van der Waals surface area contributed by atoms with E-state index in [0.29, 0.717) is 13.0 Å². The summed E-state index contributed by atoms with van der Waals surface area (Å²) in [6, 6.07) is 10.2. The van der Waals surface area contributed by atoms with E-state index in [9.17, 15) is 9.59 Å². The fourth-order valence-corrected chi connectivity index (χ4v) is 2.54. The molecule has 23 heavy (non-hydrogen) atoms. The summed E-state index contributed by atoms with van der Waals surface area (Å²) in [5.41, 5.74) is 1.20. The maximum Gasteiger partial charge on any atom is 0.233 e. The monoisotopic (exact) mass is 340 g/mol. The van der Waals surface area contributed by atoms with Crippen LogP contribution in [0.2, 0.25) is 0 Å². The quantitative estimate of drug-likeness (QED) is 0.790. The fourth-order valence-electron chi connectivity index (χ4n) is 2.54. The van der Waals surface area contributed by atoms with Crippen molar-refractivity contribution in [3.8, 4) is 0 Å². The molecule has 0 saturated carbocycles. The van der Waals surface area contributed by atoms with Crippen LogP contribution in [-0.2, 0) is 9.59 Å². The Hall–Kier alpha value is -1.79. The van der Waals surface area contributed by atoms with E-state index >= 15 is 0 Å². The zero-order chi connectivity index (χ0) is 15.8. The molecule has 128 valence electrons. The minimum atomic E-state index is -0.0794. The summed E-state index contributed by atoms with van der Waals surface area (Å²) in [7, 11) is 1.72. The van der Waals surface area contributed by atoms with Crippen LogP contribution in [0.5, 0.6) is 0 Å². The van der Waals surface area contributed by atoms with Gasteiger partial charge in [-0.1, -0.05) is 18.2 Å². The van der Waals surface area contributed by atoms with Gasteiger partial charge in [0.1, 0.15) is 0 Å². The van der Waals surface area contributed by atoms with Crippen molar-refractivity contribution < 1.29 is 9.59 Å². The Kier molecular flexibility index (Phi) is 8.43. The van der Waals surface area contributed by atoms with Crippen molar-refractivity contribution in [3.63, 3.8) is 0 Å². The minimum Gasteiger partial charge on any atom is -0.368 e. The van der Waals surface area contributed by atoms with Gasteiger partial charge < -0.3 is 20.4 Å². The number of piperazine rings is 1. The van der Waals surface area contributed by atoms with Crippen molar-refractivity contribution >= 4 is 29.9 Å². The molecule has 1 aromatic carbocycles. The minimum absolute atomic E-state index is 0. The molecule has 1 heterocycles. The molecule has 0 spiro atoms. The standard InChI is InChI=1S/C16H24N4O2.ClH/c1-17-13-15(21)18-8-7-16(22)20-11-9-19(10-12-20)14-5-3-2-4-6-14;/h2-6,17H,7-13H2,1H3,(H,18,21);1H. The van der Waals surface area contributed by atoms with Gasteiger partial charge in [0.25, 0.3) is 0 Å². The van der Waals surface area contributed by atoms with Crippen LogP contribution >= 0.6 is 12.4 Å². The number of anilines is 1. The number of nitrogens with one attached hydrogen (secondary N) is 2. The Morgan fingerprint density at radius 3 is 2.35 bits per heavy atom. The molecular weight excluding hydrogens is 316 g/mol. The number of rotatable bonds is 6. The third kappa shape index (κ3) is 6.08.